The van der Waals surface area contributed by atoms with Crippen LogP contribution in [0.4, 0.5) is 0 Å². The van der Waals surface area contributed by atoms with Crippen molar-refractivity contribution >= 4 is 0 Å². The van der Waals surface area contributed by atoms with E-state index in [4.69, 9.17) is 0 Å². The van der Waals surface area contributed by atoms with Gasteiger partial charge in [-0.15, -0.1) is 0 Å². The lowest BCUT2D eigenvalue weighted by Crippen LogP contribution is -2.36. The highest BCUT2D eigenvalue weighted by Gasteiger charge is 2.39. The largest absolute Gasteiger partial charge is 0.196 e. The third-order valence-electron chi connectivity index (χ3n) is 5.72. The van der Waals surface area contributed by atoms with Crippen LogP contribution >= 0.6 is 0 Å². The molecule has 0 N–H and O–H groups in total. The van der Waals surface area contributed by atoms with Crippen molar-refractivity contribution in [3.05, 3.63) is 0 Å². The maximum Gasteiger partial charge on any atom is 0.167 e. The van der Waals surface area contributed by atoms with Gasteiger partial charge in [-0.1, -0.05) is 38.5 Å². The molecule has 0 spiro atoms. The molecule has 120 valence electrons. The van der Waals surface area contributed by atoms with Gasteiger partial charge in [0.15, 0.2) is 11.1 Å². The summed E-state index contributed by atoms with van der Waals surface area (Å²) in [4.78, 5) is 0. The van der Waals surface area contributed by atoms with E-state index >= 15 is 0 Å². The molecule has 2 aliphatic rings. The predicted octanol–water partition coefficient (Wildman–Crippen LogP) is 5.16. The number of nitriles is 2. The fraction of sp³-hybridized carbons (Fsp3) is 0.889. The maximum atomic E-state index is 9.63. The third kappa shape index (κ3) is 3.67. The summed E-state index contributed by atoms with van der Waals surface area (Å²) in [5.41, 5.74) is -1.54. The van der Waals surface area contributed by atoms with E-state index < -0.39 is 11.1 Å². The Morgan fingerprint density at radius 3 is 1.27 bits per heavy atom. The normalized spacial score (nSPS) is 26.7. The average Bonchev–Trinajstić information content (AvgIpc) is 2.61. The van der Waals surface area contributed by atoms with Crippen molar-refractivity contribution in [3.63, 3.8) is 0 Å². The summed E-state index contributed by atoms with van der Waals surface area (Å²) in [5, 5.41) is 28.2. The Labute approximate surface area is 134 Å². The molecule has 22 heavy (non-hydrogen) atoms. The zero-order chi connectivity index (χ0) is 16.1. The van der Waals surface area contributed by atoms with Gasteiger partial charge in [0.25, 0.3) is 0 Å². The van der Waals surface area contributed by atoms with Crippen LogP contribution in [0.15, 0.2) is 10.2 Å². The van der Waals surface area contributed by atoms with Crippen molar-refractivity contribution in [1.82, 2.24) is 0 Å². The summed E-state index contributed by atoms with van der Waals surface area (Å²) in [6, 6.07) is 4.76. The van der Waals surface area contributed by atoms with Gasteiger partial charge in [0, 0.05) is 0 Å². The first-order valence-electron chi connectivity index (χ1n) is 8.80. The zero-order valence-corrected chi connectivity index (χ0v) is 14.0. The van der Waals surface area contributed by atoms with Gasteiger partial charge in [0.05, 0.1) is 12.1 Å². The van der Waals surface area contributed by atoms with Gasteiger partial charge in [-0.05, 0) is 51.4 Å². The second-order valence-corrected chi connectivity index (χ2v) is 7.39. The van der Waals surface area contributed by atoms with Crippen LogP contribution in [-0.2, 0) is 0 Å². The van der Waals surface area contributed by atoms with Crippen LogP contribution in [0.5, 0.6) is 0 Å². The Balaban J connectivity index is 2.15. The molecule has 0 aliphatic heterocycles. The standard InChI is InChI=1S/C18H28N4/c1-17(13-19,15-9-5-3-6-10-15)21-22-18(2,14-20)16-11-7-4-8-12-16/h15-16H,3-12H2,1-2H3/b22-21+. The van der Waals surface area contributed by atoms with E-state index in [-0.39, 0.29) is 11.8 Å². The minimum absolute atomic E-state index is 0.282. The topological polar surface area (TPSA) is 72.3 Å². The molecule has 0 amide bonds. The lowest BCUT2D eigenvalue weighted by atomic mass is 9.76. The molecule has 0 aromatic rings. The molecule has 0 aromatic carbocycles. The molecule has 0 bridgehead atoms. The van der Waals surface area contributed by atoms with Gasteiger partial charge in [0.1, 0.15) is 0 Å². The van der Waals surface area contributed by atoms with E-state index in [1.54, 1.807) is 0 Å². The number of hydrogen-bond acceptors (Lipinski definition) is 4. The summed E-state index contributed by atoms with van der Waals surface area (Å²) in [5.74, 6) is 0.564. The lowest BCUT2D eigenvalue weighted by molar-refractivity contribution is 0.233. The van der Waals surface area contributed by atoms with E-state index in [9.17, 15) is 10.5 Å². The molecule has 2 unspecified atom stereocenters. The highest BCUT2D eigenvalue weighted by atomic mass is 15.2. The predicted molar refractivity (Wildman–Crippen MR) is 86.0 cm³/mol. The molecule has 0 aromatic heterocycles. The molecule has 0 radical (unpaired) electrons. The number of rotatable bonds is 4. The van der Waals surface area contributed by atoms with Gasteiger partial charge >= 0.3 is 0 Å². The molecular weight excluding hydrogens is 272 g/mol. The molecular formula is C18H28N4. The van der Waals surface area contributed by atoms with E-state index in [0.717, 1.165) is 25.7 Å². The summed E-state index contributed by atoms with van der Waals surface area (Å²) in [6.07, 6.45) is 11.4. The molecule has 2 fully saturated rings. The first-order valence-corrected chi connectivity index (χ1v) is 8.80. The summed E-state index contributed by atoms with van der Waals surface area (Å²) >= 11 is 0. The minimum atomic E-state index is -0.771. The summed E-state index contributed by atoms with van der Waals surface area (Å²) < 4.78 is 0. The first kappa shape index (κ1) is 16.9. The van der Waals surface area contributed by atoms with Gasteiger partial charge in [0.2, 0.25) is 0 Å². The van der Waals surface area contributed by atoms with Crippen LogP contribution in [0, 0.1) is 34.5 Å². The Morgan fingerprint density at radius 1 is 0.682 bits per heavy atom. The lowest BCUT2D eigenvalue weighted by Gasteiger charge is -2.33. The molecule has 4 heteroatoms. The number of hydrogen-bond donors (Lipinski definition) is 0. The minimum Gasteiger partial charge on any atom is -0.196 e. The molecule has 2 rings (SSSR count). The van der Waals surface area contributed by atoms with Gasteiger partial charge in [-0.25, -0.2) is 0 Å². The highest BCUT2D eigenvalue weighted by molar-refractivity contribution is 5.12. The third-order valence-corrected chi connectivity index (χ3v) is 5.72. The van der Waals surface area contributed by atoms with Gasteiger partial charge < -0.3 is 0 Å². The van der Waals surface area contributed by atoms with Crippen molar-refractivity contribution < 1.29 is 0 Å². The van der Waals surface area contributed by atoms with Crippen LogP contribution in [0.2, 0.25) is 0 Å². The summed E-state index contributed by atoms with van der Waals surface area (Å²) in [7, 11) is 0. The van der Waals surface area contributed by atoms with E-state index in [2.05, 4.69) is 22.4 Å². The van der Waals surface area contributed by atoms with E-state index in [1.807, 2.05) is 13.8 Å². The number of azo groups is 1. The van der Waals surface area contributed by atoms with Crippen molar-refractivity contribution in [2.75, 3.05) is 0 Å². The van der Waals surface area contributed by atoms with Gasteiger partial charge in [-0.3, -0.25) is 0 Å². The van der Waals surface area contributed by atoms with Crippen molar-refractivity contribution in [2.45, 2.75) is 89.1 Å². The van der Waals surface area contributed by atoms with Crippen molar-refractivity contribution in [1.29, 1.82) is 10.5 Å². The Bertz CT molecular complexity index is 430. The van der Waals surface area contributed by atoms with Crippen LogP contribution in [0.1, 0.15) is 78.1 Å². The van der Waals surface area contributed by atoms with Crippen LogP contribution in [0.3, 0.4) is 0 Å². The Morgan fingerprint density at radius 2 is 1.00 bits per heavy atom. The van der Waals surface area contributed by atoms with Crippen molar-refractivity contribution in [2.24, 2.45) is 22.1 Å². The molecule has 0 saturated heterocycles. The van der Waals surface area contributed by atoms with Crippen molar-refractivity contribution in [3.8, 4) is 12.1 Å². The molecule has 0 heterocycles. The summed E-state index contributed by atoms with van der Waals surface area (Å²) in [6.45, 7) is 3.79. The molecule has 2 atom stereocenters. The first-order chi connectivity index (χ1) is 10.5. The van der Waals surface area contributed by atoms with Crippen LogP contribution < -0.4 is 0 Å². The zero-order valence-electron chi connectivity index (χ0n) is 14.0. The Kier molecular flexibility index (Phi) is 5.57. The second-order valence-electron chi connectivity index (χ2n) is 7.39. The SMILES string of the molecule is CC(C#N)(/N=N/C(C)(C#N)C1CCCCC1)C1CCCCC1. The smallest absolute Gasteiger partial charge is 0.167 e. The molecule has 2 aliphatic carbocycles. The van der Waals surface area contributed by atoms with Gasteiger partial charge in [-0.2, -0.15) is 20.8 Å². The fourth-order valence-corrected chi connectivity index (χ4v) is 3.93. The monoisotopic (exact) mass is 300 g/mol. The molecule has 2 saturated carbocycles. The van der Waals surface area contributed by atoms with E-state index in [0.29, 0.717) is 0 Å². The maximum absolute atomic E-state index is 9.63. The molecule has 4 nitrogen and oxygen atoms in total. The highest BCUT2D eigenvalue weighted by Crippen LogP contribution is 2.38. The number of nitrogens with zero attached hydrogens (tertiary/aromatic N) is 4. The Hall–Kier alpha value is -1.42. The van der Waals surface area contributed by atoms with Crippen LogP contribution in [-0.4, -0.2) is 11.1 Å². The average molecular weight is 300 g/mol. The van der Waals surface area contributed by atoms with E-state index in [1.165, 1.54) is 38.5 Å². The second kappa shape index (κ2) is 7.23. The fourth-order valence-electron chi connectivity index (χ4n) is 3.93. The van der Waals surface area contributed by atoms with Crippen LogP contribution in [0.25, 0.3) is 0 Å². The quantitative estimate of drug-likeness (QED) is 0.672.